The number of nitrogens with zero attached hydrogens (tertiary/aromatic N) is 2. The summed E-state index contributed by atoms with van der Waals surface area (Å²) in [6.45, 7) is 6.60. The van der Waals surface area contributed by atoms with Crippen molar-refractivity contribution in [3.8, 4) is 0 Å². The molecule has 0 bridgehead atoms. The number of nitrogen functional groups attached to an aromatic ring is 1. The summed E-state index contributed by atoms with van der Waals surface area (Å²) in [4.78, 5) is 8.20. The van der Waals surface area contributed by atoms with Crippen LogP contribution < -0.4 is 11.1 Å². The molecule has 0 amide bonds. The van der Waals surface area contributed by atoms with Crippen molar-refractivity contribution < 1.29 is 0 Å². The quantitative estimate of drug-likeness (QED) is 0.263. The van der Waals surface area contributed by atoms with Gasteiger partial charge in [-0.3, -0.25) is 0 Å². The van der Waals surface area contributed by atoms with Crippen LogP contribution in [0.4, 0.5) is 11.4 Å². The smallest absolute Gasteiger partial charge is 0.124 e. The van der Waals surface area contributed by atoms with Crippen LogP contribution in [0.2, 0.25) is 0 Å². The topological polar surface area (TPSA) is 63.8 Å². The number of halogens is 4. The van der Waals surface area contributed by atoms with Gasteiger partial charge >= 0.3 is 0 Å². The van der Waals surface area contributed by atoms with Crippen molar-refractivity contribution in [2.75, 3.05) is 17.6 Å². The van der Waals surface area contributed by atoms with Crippen molar-refractivity contribution in [3.05, 3.63) is 53.0 Å². The Hall–Kier alpha value is 0.0600. The van der Waals surface area contributed by atoms with Gasteiger partial charge in [0, 0.05) is 27.9 Å². The third-order valence-electron chi connectivity index (χ3n) is 2.22. The van der Waals surface area contributed by atoms with E-state index < -0.39 is 0 Å². The van der Waals surface area contributed by atoms with E-state index in [2.05, 4.69) is 98.9 Å². The number of nitrogens with two attached hydrogens (primary N) is 1. The van der Waals surface area contributed by atoms with Crippen molar-refractivity contribution in [1.82, 2.24) is 9.97 Å². The lowest BCUT2D eigenvalue weighted by Crippen LogP contribution is -2.04. The van der Waals surface area contributed by atoms with Crippen molar-refractivity contribution in [2.45, 2.75) is 6.92 Å². The molecule has 0 radical (unpaired) electrons. The average molecular weight is 652 g/mol. The highest BCUT2D eigenvalue weighted by Crippen LogP contribution is 2.20. The Balaban J connectivity index is 0.000000235. The Kier molecular flexibility index (Phi) is 9.17. The SMILES string of the molecule is C=C(C)CNc1cc(Br)cnc1I.Nc1cc(Br)cnc1I. The lowest BCUT2D eigenvalue weighted by molar-refractivity contribution is 1.17. The summed E-state index contributed by atoms with van der Waals surface area (Å²) in [5, 5.41) is 3.25. The van der Waals surface area contributed by atoms with E-state index in [1.54, 1.807) is 12.4 Å². The molecule has 2 rings (SSSR count). The Morgan fingerprint density at radius 3 is 2.23 bits per heavy atom. The molecule has 0 fully saturated rings. The number of rotatable bonds is 3. The number of hydrogen-bond donors (Lipinski definition) is 2. The van der Waals surface area contributed by atoms with E-state index in [1.807, 2.05) is 19.1 Å². The van der Waals surface area contributed by atoms with Gasteiger partial charge in [-0.15, -0.1) is 0 Å². The molecule has 3 N–H and O–H groups in total. The number of anilines is 2. The fourth-order valence-corrected chi connectivity index (χ4v) is 2.69. The molecule has 0 atom stereocenters. The first-order valence-electron chi connectivity index (χ1n) is 6.05. The van der Waals surface area contributed by atoms with Gasteiger partial charge in [-0.2, -0.15) is 0 Å². The third kappa shape index (κ3) is 7.55. The maximum Gasteiger partial charge on any atom is 0.124 e. The Labute approximate surface area is 174 Å². The number of nitrogens with one attached hydrogen (secondary N) is 1. The molecular formula is C14H14Br2I2N4. The Morgan fingerprint density at radius 1 is 1.18 bits per heavy atom. The zero-order chi connectivity index (χ0) is 16.7. The van der Waals surface area contributed by atoms with Gasteiger partial charge in [0.15, 0.2) is 0 Å². The molecular weight excluding hydrogens is 638 g/mol. The number of hydrogen-bond acceptors (Lipinski definition) is 4. The van der Waals surface area contributed by atoms with Crippen LogP contribution in [0.5, 0.6) is 0 Å². The van der Waals surface area contributed by atoms with E-state index in [0.29, 0.717) is 5.69 Å². The van der Waals surface area contributed by atoms with Crippen LogP contribution in [0.15, 0.2) is 45.6 Å². The molecule has 118 valence electrons. The summed E-state index contributed by atoms with van der Waals surface area (Å²) in [7, 11) is 0. The molecule has 2 aromatic rings. The molecule has 0 saturated carbocycles. The van der Waals surface area contributed by atoms with Crippen molar-refractivity contribution in [3.63, 3.8) is 0 Å². The minimum Gasteiger partial charge on any atom is -0.397 e. The summed E-state index contributed by atoms with van der Waals surface area (Å²) >= 11 is 10.9. The normalized spacial score (nSPS) is 9.68. The highest BCUT2D eigenvalue weighted by molar-refractivity contribution is 14.1. The second kappa shape index (κ2) is 10.0. The standard InChI is InChI=1S/C9H10BrIN2.C5H4BrIN2/c1-6(2)4-12-8-3-7(10)5-13-9(8)11;6-3-1-4(8)5(7)9-2-3/h3,5,12H,1,4H2,2H3;1-2H,8H2. The van der Waals surface area contributed by atoms with E-state index >= 15 is 0 Å². The van der Waals surface area contributed by atoms with Crippen LogP contribution in [0, 0.1) is 7.40 Å². The molecule has 0 aliphatic rings. The van der Waals surface area contributed by atoms with Crippen LogP contribution >= 0.6 is 77.0 Å². The average Bonchev–Trinajstić information content (AvgIpc) is 2.45. The van der Waals surface area contributed by atoms with E-state index in [4.69, 9.17) is 5.73 Å². The first-order valence-corrected chi connectivity index (χ1v) is 9.79. The lowest BCUT2D eigenvalue weighted by atomic mass is 10.3. The van der Waals surface area contributed by atoms with Gasteiger partial charge in [-0.1, -0.05) is 12.2 Å². The largest absolute Gasteiger partial charge is 0.397 e. The summed E-state index contributed by atoms with van der Waals surface area (Å²) in [6, 6.07) is 3.84. The molecule has 0 aromatic carbocycles. The maximum atomic E-state index is 5.52. The van der Waals surface area contributed by atoms with Gasteiger partial charge in [-0.05, 0) is 96.1 Å². The van der Waals surface area contributed by atoms with Crippen LogP contribution in [-0.2, 0) is 0 Å². The molecule has 2 aromatic heterocycles. The first kappa shape index (κ1) is 20.1. The molecule has 0 unspecified atom stereocenters. The number of aromatic nitrogens is 2. The molecule has 0 saturated heterocycles. The van der Waals surface area contributed by atoms with Crippen LogP contribution in [0.3, 0.4) is 0 Å². The van der Waals surface area contributed by atoms with Crippen LogP contribution in [0.1, 0.15) is 6.92 Å². The predicted molar refractivity (Wildman–Crippen MR) is 117 cm³/mol. The summed E-state index contributed by atoms with van der Waals surface area (Å²) in [5.74, 6) is 0. The van der Waals surface area contributed by atoms with Gasteiger partial charge in [-0.25, -0.2) is 9.97 Å². The molecule has 0 aliphatic carbocycles. The summed E-state index contributed by atoms with van der Waals surface area (Å²) < 4.78 is 3.72. The molecule has 0 aliphatic heterocycles. The molecule has 0 spiro atoms. The highest BCUT2D eigenvalue weighted by atomic mass is 127. The zero-order valence-corrected chi connectivity index (χ0v) is 19.2. The Bertz CT molecular complexity index is 665. The van der Waals surface area contributed by atoms with Crippen molar-refractivity contribution in [2.24, 2.45) is 0 Å². The highest BCUT2D eigenvalue weighted by Gasteiger charge is 2.00. The van der Waals surface area contributed by atoms with E-state index in [-0.39, 0.29) is 0 Å². The summed E-state index contributed by atoms with van der Waals surface area (Å²) in [5.41, 5.74) is 8.38. The minimum atomic E-state index is 0.713. The fourth-order valence-electron chi connectivity index (χ4n) is 1.23. The van der Waals surface area contributed by atoms with Gasteiger partial charge in [0.1, 0.15) is 7.40 Å². The fraction of sp³-hybridized carbons (Fsp3) is 0.143. The van der Waals surface area contributed by atoms with Crippen LogP contribution in [-0.4, -0.2) is 16.5 Å². The van der Waals surface area contributed by atoms with Gasteiger partial charge in [0.2, 0.25) is 0 Å². The van der Waals surface area contributed by atoms with Gasteiger partial charge in [0.25, 0.3) is 0 Å². The van der Waals surface area contributed by atoms with Crippen molar-refractivity contribution in [1.29, 1.82) is 0 Å². The Morgan fingerprint density at radius 2 is 1.73 bits per heavy atom. The molecule has 2 heterocycles. The minimum absolute atomic E-state index is 0.713. The summed E-state index contributed by atoms with van der Waals surface area (Å²) in [6.07, 6.45) is 3.51. The van der Waals surface area contributed by atoms with Crippen molar-refractivity contribution >= 4 is 88.4 Å². The maximum absolute atomic E-state index is 5.52. The van der Waals surface area contributed by atoms with Gasteiger partial charge in [0.05, 0.1) is 11.4 Å². The second-order valence-corrected chi connectivity index (χ2v) is 8.21. The third-order valence-corrected chi connectivity index (χ3v) is 4.85. The zero-order valence-electron chi connectivity index (χ0n) is 11.7. The van der Waals surface area contributed by atoms with E-state index in [9.17, 15) is 0 Å². The van der Waals surface area contributed by atoms with Crippen LogP contribution in [0.25, 0.3) is 0 Å². The predicted octanol–water partition coefficient (Wildman–Crippen LogP) is 5.47. The molecule has 4 nitrogen and oxygen atoms in total. The molecule has 22 heavy (non-hydrogen) atoms. The van der Waals surface area contributed by atoms with E-state index in [0.717, 1.165) is 34.2 Å². The number of pyridine rings is 2. The first-order chi connectivity index (χ1) is 10.3. The van der Waals surface area contributed by atoms with E-state index in [1.165, 1.54) is 0 Å². The lowest BCUT2D eigenvalue weighted by Gasteiger charge is -2.07. The van der Waals surface area contributed by atoms with Gasteiger partial charge < -0.3 is 11.1 Å². The molecule has 8 heteroatoms. The monoisotopic (exact) mass is 650 g/mol. The second-order valence-electron chi connectivity index (χ2n) is 4.34.